The van der Waals surface area contributed by atoms with E-state index in [4.69, 9.17) is 4.74 Å². The fourth-order valence-electron chi connectivity index (χ4n) is 4.25. The molecule has 5 atom stereocenters. The van der Waals surface area contributed by atoms with Crippen molar-refractivity contribution in [1.29, 1.82) is 0 Å². The summed E-state index contributed by atoms with van der Waals surface area (Å²) >= 11 is 0. The van der Waals surface area contributed by atoms with Crippen molar-refractivity contribution in [2.24, 2.45) is 17.8 Å². The molecule has 3 nitrogen and oxygen atoms in total. The Bertz CT molecular complexity index is 391. The van der Waals surface area contributed by atoms with E-state index < -0.39 is 0 Å². The van der Waals surface area contributed by atoms with Gasteiger partial charge in [-0.25, -0.2) is 0 Å². The summed E-state index contributed by atoms with van der Waals surface area (Å²) in [6, 6.07) is 0.434. The molecular weight excluding hydrogens is 202 g/mol. The zero-order valence-corrected chi connectivity index (χ0v) is 9.56. The van der Waals surface area contributed by atoms with Crippen molar-refractivity contribution in [2.45, 2.75) is 38.0 Å². The Balaban J connectivity index is 1.77. The molecule has 0 aromatic heterocycles. The number of hydrogen-bond acceptors (Lipinski definition) is 2. The Morgan fingerprint density at radius 3 is 3.12 bits per heavy atom. The van der Waals surface area contributed by atoms with Crippen LogP contribution in [0.5, 0.6) is 0 Å². The topological polar surface area (TPSA) is 29.5 Å². The van der Waals surface area contributed by atoms with Gasteiger partial charge in [-0.3, -0.25) is 4.79 Å². The van der Waals surface area contributed by atoms with Gasteiger partial charge >= 0.3 is 0 Å². The lowest BCUT2D eigenvalue weighted by Crippen LogP contribution is -2.60. The van der Waals surface area contributed by atoms with E-state index in [-0.39, 0.29) is 5.72 Å². The number of allylic oxidation sites excluding steroid dienone is 1. The molecule has 1 saturated carbocycles. The molecule has 2 aliphatic carbocycles. The van der Waals surface area contributed by atoms with E-state index >= 15 is 0 Å². The summed E-state index contributed by atoms with van der Waals surface area (Å²) in [4.78, 5) is 14.1. The van der Waals surface area contributed by atoms with Gasteiger partial charge in [-0.05, 0) is 25.2 Å². The summed E-state index contributed by atoms with van der Waals surface area (Å²) in [5.74, 6) is 2.12. The third-order valence-electron chi connectivity index (χ3n) is 5.04. The van der Waals surface area contributed by atoms with E-state index in [9.17, 15) is 4.79 Å². The molecule has 3 heteroatoms. The summed E-state index contributed by atoms with van der Waals surface area (Å²) in [6.07, 6.45) is 7.43. The zero-order chi connectivity index (χ0) is 10.9. The average molecular weight is 219 g/mol. The summed E-state index contributed by atoms with van der Waals surface area (Å²) in [6.45, 7) is 2.93. The number of carbonyl (C=O) groups excluding carboxylic acids is 1. The molecule has 0 unspecified atom stereocenters. The van der Waals surface area contributed by atoms with Crippen molar-refractivity contribution in [1.82, 2.24) is 4.90 Å². The van der Waals surface area contributed by atoms with Crippen molar-refractivity contribution in [3.63, 3.8) is 0 Å². The van der Waals surface area contributed by atoms with Crippen LogP contribution in [0.1, 0.15) is 26.2 Å². The quantitative estimate of drug-likeness (QED) is 0.578. The van der Waals surface area contributed by atoms with Gasteiger partial charge in [0.2, 0.25) is 5.91 Å². The van der Waals surface area contributed by atoms with E-state index in [2.05, 4.69) is 24.0 Å². The van der Waals surface area contributed by atoms with Crippen molar-refractivity contribution in [3.05, 3.63) is 12.2 Å². The van der Waals surface area contributed by atoms with Crippen molar-refractivity contribution in [3.8, 4) is 0 Å². The van der Waals surface area contributed by atoms with Gasteiger partial charge in [0, 0.05) is 24.8 Å². The van der Waals surface area contributed by atoms with Crippen LogP contribution in [0.15, 0.2) is 12.2 Å². The molecular formula is C13H17NO2. The molecule has 4 aliphatic rings. The minimum absolute atomic E-state index is 0.295. The largest absolute Gasteiger partial charge is 0.355 e. The van der Waals surface area contributed by atoms with Gasteiger partial charge in [-0.2, -0.15) is 0 Å². The van der Waals surface area contributed by atoms with Gasteiger partial charge in [-0.1, -0.05) is 12.2 Å². The lowest BCUT2D eigenvalue weighted by molar-refractivity contribution is -0.203. The summed E-state index contributed by atoms with van der Waals surface area (Å²) in [5.41, 5.74) is -0.295. The Kier molecular flexibility index (Phi) is 1.56. The standard InChI is InChI=1S/C13H17NO2/c1-13-5-4-11(15)14(13)12-9-3-2-8(6-9)10(12)7-16-13/h2-3,8-10,12H,4-7H2,1H3/t8-,9+,10-,12+,13-/m0/s1. The summed E-state index contributed by atoms with van der Waals surface area (Å²) in [7, 11) is 0. The van der Waals surface area contributed by atoms with Crippen LogP contribution < -0.4 is 0 Å². The van der Waals surface area contributed by atoms with Crippen molar-refractivity contribution >= 4 is 5.91 Å². The van der Waals surface area contributed by atoms with Crippen LogP contribution in [0.25, 0.3) is 0 Å². The highest BCUT2D eigenvalue weighted by molar-refractivity contribution is 5.80. The molecule has 4 rings (SSSR count). The molecule has 0 aromatic rings. The summed E-state index contributed by atoms with van der Waals surface area (Å²) < 4.78 is 6.00. The second-order valence-corrected chi connectivity index (χ2v) is 5.85. The van der Waals surface area contributed by atoms with Crippen LogP contribution >= 0.6 is 0 Å². The average Bonchev–Trinajstić information content (AvgIpc) is 2.92. The lowest BCUT2D eigenvalue weighted by atomic mass is 9.86. The third kappa shape index (κ3) is 0.915. The first-order chi connectivity index (χ1) is 7.69. The predicted molar refractivity (Wildman–Crippen MR) is 58.5 cm³/mol. The van der Waals surface area contributed by atoms with Crippen molar-refractivity contribution in [2.75, 3.05) is 6.61 Å². The minimum Gasteiger partial charge on any atom is -0.355 e. The fraction of sp³-hybridized carbons (Fsp3) is 0.769. The monoisotopic (exact) mass is 219 g/mol. The number of nitrogens with zero attached hydrogens (tertiary/aromatic N) is 1. The maximum Gasteiger partial charge on any atom is 0.225 e. The first-order valence-corrected chi connectivity index (χ1v) is 6.33. The number of ether oxygens (including phenoxy) is 1. The van der Waals surface area contributed by atoms with Gasteiger partial charge in [0.1, 0.15) is 5.72 Å². The van der Waals surface area contributed by atoms with Gasteiger partial charge in [0.05, 0.1) is 6.61 Å². The van der Waals surface area contributed by atoms with Crippen LogP contribution in [0.3, 0.4) is 0 Å². The van der Waals surface area contributed by atoms with Gasteiger partial charge in [0.25, 0.3) is 0 Å². The van der Waals surface area contributed by atoms with Gasteiger partial charge in [-0.15, -0.1) is 0 Å². The molecule has 2 bridgehead atoms. The van der Waals surface area contributed by atoms with E-state index in [0.717, 1.165) is 13.0 Å². The number of fused-ring (bicyclic) bond motifs is 7. The Morgan fingerprint density at radius 2 is 2.25 bits per heavy atom. The first-order valence-electron chi connectivity index (χ1n) is 6.33. The lowest BCUT2D eigenvalue weighted by Gasteiger charge is -2.49. The third-order valence-corrected chi connectivity index (χ3v) is 5.04. The maximum absolute atomic E-state index is 12.1. The number of carbonyl (C=O) groups is 1. The highest BCUT2D eigenvalue weighted by atomic mass is 16.5. The second-order valence-electron chi connectivity index (χ2n) is 5.85. The van der Waals surface area contributed by atoms with E-state index in [1.807, 2.05) is 0 Å². The SMILES string of the molecule is C[C@]12CCC(=O)N1[C@H]1[C@@H](CO2)[C@H]2C=C[C@@H]1C2. The van der Waals surface area contributed by atoms with Crippen LogP contribution in [0.2, 0.25) is 0 Å². The Hall–Kier alpha value is -0.830. The molecule has 16 heavy (non-hydrogen) atoms. The number of amides is 1. The highest BCUT2D eigenvalue weighted by Crippen LogP contribution is 2.53. The maximum atomic E-state index is 12.1. The smallest absolute Gasteiger partial charge is 0.225 e. The fourth-order valence-corrected chi connectivity index (χ4v) is 4.25. The molecule has 2 heterocycles. The number of rotatable bonds is 0. The van der Waals surface area contributed by atoms with E-state index in [1.165, 1.54) is 6.42 Å². The summed E-state index contributed by atoms with van der Waals surface area (Å²) in [5, 5.41) is 0. The molecule has 2 saturated heterocycles. The first kappa shape index (κ1) is 9.23. The molecule has 86 valence electrons. The molecule has 1 amide bonds. The Morgan fingerprint density at radius 1 is 1.44 bits per heavy atom. The van der Waals surface area contributed by atoms with Gasteiger partial charge in [0.15, 0.2) is 0 Å². The molecule has 0 aromatic carbocycles. The predicted octanol–water partition coefficient (Wildman–Crippen LogP) is 1.55. The minimum atomic E-state index is -0.295. The normalized spacial score (nSPS) is 53.3. The molecule has 2 aliphatic heterocycles. The van der Waals surface area contributed by atoms with Gasteiger partial charge < -0.3 is 9.64 Å². The van der Waals surface area contributed by atoms with E-state index in [0.29, 0.717) is 36.1 Å². The van der Waals surface area contributed by atoms with Crippen molar-refractivity contribution < 1.29 is 9.53 Å². The molecule has 0 radical (unpaired) electrons. The highest BCUT2D eigenvalue weighted by Gasteiger charge is 2.58. The van der Waals surface area contributed by atoms with Crippen LogP contribution in [-0.2, 0) is 9.53 Å². The van der Waals surface area contributed by atoms with Crippen LogP contribution in [-0.4, -0.2) is 29.2 Å². The van der Waals surface area contributed by atoms with Crippen LogP contribution in [0.4, 0.5) is 0 Å². The van der Waals surface area contributed by atoms with Crippen LogP contribution in [0, 0.1) is 17.8 Å². The molecule has 0 spiro atoms. The molecule has 0 N–H and O–H groups in total. The van der Waals surface area contributed by atoms with E-state index in [1.54, 1.807) is 0 Å². The zero-order valence-electron chi connectivity index (χ0n) is 9.56. The molecule has 3 fully saturated rings. The number of hydrogen-bond donors (Lipinski definition) is 0. The Labute approximate surface area is 95.4 Å². The second kappa shape index (κ2) is 2.70.